The van der Waals surface area contributed by atoms with Crippen LogP contribution in [0.15, 0.2) is 29.6 Å². The van der Waals surface area contributed by atoms with Gasteiger partial charge in [0.05, 0.1) is 11.8 Å². The summed E-state index contributed by atoms with van der Waals surface area (Å²) in [7, 11) is -3.04. The van der Waals surface area contributed by atoms with Crippen molar-refractivity contribution < 1.29 is 13.2 Å². The molecular weight excluding hydrogens is 294 g/mol. The Bertz CT molecular complexity index is 673. The lowest BCUT2D eigenvalue weighted by atomic mass is 10.2. The Hall–Kier alpha value is -1.40. The van der Waals surface area contributed by atoms with Crippen molar-refractivity contribution in [2.45, 2.75) is 25.7 Å². The van der Waals surface area contributed by atoms with Gasteiger partial charge in [0, 0.05) is 17.2 Å². The summed E-state index contributed by atoms with van der Waals surface area (Å²) >= 11 is 1.36. The highest BCUT2D eigenvalue weighted by Gasteiger charge is 2.10. The molecule has 1 aromatic carbocycles. The van der Waals surface area contributed by atoms with Gasteiger partial charge in [-0.3, -0.25) is 0 Å². The van der Waals surface area contributed by atoms with Gasteiger partial charge in [-0.1, -0.05) is 0 Å². The number of ether oxygens (including phenoxy) is 1. The number of hydrogen-bond acceptors (Lipinski definition) is 5. The average molecular weight is 311 g/mol. The first-order valence-electron chi connectivity index (χ1n) is 6.23. The molecule has 20 heavy (non-hydrogen) atoms. The topological polar surface area (TPSA) is 56.3 Å². The zero-order chi connectivity index (χ0) is 14.8. The van der Waals surface area contributed by atoms with E-state index in [1.54, 1.807) is 0 Å². The largest absolute Gasteiger partial charge is 0.491 e. The van der Waals surface area contributed by atoms with Crippen molar-refractivity contribution in [3.05, 3.63) is 34.7 Å². The molecule has 1 heterocycles. The lowest BCUT2D eigenvalue weighted by Crippen LogP contribution is -2.05. The van der Waals surface area contributed by atoms with Gasteiger partial charge in [0.1, 0.15) is 16.5 Å². The lowest BCUT2D eigenvalue weighted by Gasteiger charge is -2.09. The van der Waals surface area contributed by atoms with Crippen molar-refractivity contribution in [1.82, 2.24) is 4.98 Å². The molecule has 0 unspecified atom stereocenters. The monoisotopic (exact) mass is 311 g/mol. The first kappa shape index (κ1) is 15.0. The zero-order valence-electron chi connectivity index (χ0n) is 11.7. The molecule has 0 saturated carbocycles. The van der Waals surface area contributed by atoms with Gasteiger partial charge in [0.25, 0.3) is 0 Å². The number of rotatable bonds is 5. The summed E-state index contributed by atoms with van der Waals surface area (Å²) in [6.07, 6.45) is 1.35. The Morgan fingerprint density at radius 2 is 1.90 bits per heavy atom. The Labute approximate surface area is 123 Å². The zero-order valence-corrected chi connectivity index (χ0v) is 13.3. The minimum Gasteiger partial charge on any atom is -0.491 e. The van der Waals surface area contributed by atoms with Gasteiger partial charge in [0.15, 0.2) is 9.84 Å². The third kappa shape index (κ3) is 4.31. The second-order valence-corrected chi connectivity index (χ2v) is 7.97. The molecule has 0 N–H and O–H groups in total. The molecule has 2 aromatic rings. The van der Waals surface area contributed by atoms with Crippen LogP contribution in [-0.4, -0.2) is 25.8 Å². The first-order chi connectivity index (χ1) is 9.33. The predicted molar refractivity (Wildman–Crippen MR) is 81.9 cm³/mol. The molecule has 0 fully saturated rings. The molecule has 6 heteroatoms. The van der Waals surface area contributed by atoms with E-state index in [-0.39, 0.29) is 11.9 Å². The number of sulfone groups is 1. The highest BCUT2D eigenvalue weighted by Crippen LogP contribution is 2.25. The van der Waals surface area contributed by atoms with Crippen LogP contribution in [0.3, 0.4) is 0 Å². The molecule has 0 aliphatic heterocycles. The fourth-order valence-corrected chi connectivity index (χ4v) is 3.73. The third-order valence-corrected chi connectivity index (χ3v) is 4.29. The summed E-state index contributed by atoms with van der Waals surface area (Å²) in [5.41, 5.74) is 1.75. The summed E-state index contributed by atoms with van der Waals surface area (Å²) in [5, 5.41) is 2.49. The fraction of sp³-hybridized carbons (Fsp3) is 0.357. The van der Waals surface area contributed by atoms with E-state index in [1.165, 1.54) is 17.6 Å². The van der Waals surface area contributed by atoms with Crippen molar-refractivity contribution in [2.24, 2.45) is 0 Å². The van der Waals surface area contributed by atoms with Crippen molar-refractivity contribution in [2.75, 3.05) is 6.26 Å². The Morgan fingerprint density at radius 3 is 2.45 bits per heavy atom. The van der Waals surface area contributed by atoms with Crippen molar-refractivity contribution in [3.63, 3.8) is 0 Å². The van der Waals surface area contributed by atoms with Gasteiger partial charge in [-0.15, -0.1) is 11.3 Å². The van der Waals surface area contributed by atoms with Crippen LogP contribution < -0.4 is 4.74 Å². The van der Waals surface area contributed by atoms with Crippen LogP contribution in [0.4, 0.5) is 0 Å². The maximum absolute atomic E-state index is 11.2. The van der Waals surface area contributed by atoms with Gasteiger partial charge < -0.3 is 4.74 Å². The second-order valence-electron chi connectivity index (χ2n) is 4.89. The molecular formula is C14H17NO3S2. The van der Waals surface area contributed by atoms with Crippen LogP contribution in [0.25, 0.3) is 11.3 Å². The molecule has 108 valence electrons. The number of hydrogen-bond donors (Lipinski definition) is 0. The molecule has 0 spiro atoms. The van der Waals surface area contributed by atoms with E-state index in [0.717, 1.165) is 17.0 Å². The summed E-state index contributed by atoms with van der Waals surface area (Å²) < 4.78 is 28.1. The fourth-order valence-electron chi connectivity index (χ4n) is 1.71. The van der Waals surface area contributed by atoms with Gasteiger partial charge >= 0.3 is 0 Å². The van der Waals surface area contributed by atoms with E-state index in [2.05, 4.69) is 4.98 Å². The smallest absolute Gasteiger partial charge is 0.153 e. The summed E-state index contributed by atoms with van der Waals surface area (Å²) in [4.78, 5) is 4.35. The lowest BCUT2D eigenvalue weighted by molar-refractivity contribution is 0.242. The van der Waals surface area contributed by atoms with Crippen LogP contribution in [0.5, 0.6) is 5.75 Å². The average Bonchev–Trinajstić information content (AvgIpc) is 2.75. The molecule has 4 nitrogen and oxygen atoms in total. The number of thiazole rings is 1. The second kappa shape index (κ2) is 5.93. The number of benzene rings is 1. The van der Waals surface area contributed by atoms with Crippen molar-refractivity contribution in [3.8, 4) is 17.0 Å². The van der Waals surface area contributed by atoms with Gasteiger partial charge in [-0.2, -0.15) is 0 Å². The predicted octanol–water partition coefficient (Wildman–Crippen LogP) is 3.14. The first-order valence-corrected chi connectivity index (χ1v) is 9.17. The van der Waals surface area contributed by atoms with Crippen LogP contribution >= 0.6 is 11.3 Å². The SMILES string of the molecule is CC(C)Oc1ccc(-c2csc(CS(C)(=O)=O)n2)cc1. The minimum atomic E-state index is -3.04. The maximum atomic E-state index is 11.2. The van der Waals surface area contributed by atoms with Gasteiger partial charge in [-0.05, 0) is 38.1 Å². The van der Waals surface area contributed by atoms with E-state index < -0.39 is 9.84 Å². The Morgan fingerprint density at radius 1 is 1.25 bits per heavy atom. The molecule has 0 aliphatic rings. The summed E-state index contributed by atoms with van der Waals surface area (Å²) in [6.45, 7) is 3.96. The van der Waals surface area contributed by atoms with E-state index in [0.29, 0.717) is 5.01 Å². The number of aromatic nitrogens is 1. The highest BCUT2D eigenvalue weighted by atomic mass is 32.2. The maximum Gasteiger partial charge on any atom is 0.153 e. The molecule has 0 amide bonds. The minimum absolute atomic E-state index is 0.00773. The molecule has 0 radical (unpaired) electrons. The number of nitrogens with zero attached hydrogens (tertiary/aromatic N) is 1. The van der Waals surface area contributed by atoms with E-state index in [4.69, 9.17) is 4.74 Å². The quantitative estimate of drug-likeness (QED) is 0.851. The van der Waals surface area contributed by atoms with Gasteiger partial charge in [0.2, 0.25) is 0 Å². The van der Waals surface area contributed by atoms with Crippen molar-refractivity contribution in [1.29, 1.82) is 0 Å². The van der Waals surface area contributed by atoms with E-state index in [9.17, 15) is 8.42 Å². The molecule has 2 rings (SSSR count). The Balaban J connectivity index is 2.16. The van der Waals surface area contributed by atoms with Gasteiger partial charge in [-0.25, -0.2) is 13.4 Å². The molecule has 0 atom stereocenters. The van der Waals surface area contributed by atoms with Crippen LogP contribution in [0, 0.1) is 0 Å². The van der Waals surface area contributed by atoms with Crippen LogP contribution in [0.2, 0.25) is 0 Å². The molecule has 0 saturated heterocycles. The van der Waals surface area contributed by atoms with Crippen molar-refractivity contribution >= 4 is 21.2 Å². The summed E-state index contributed by atoms with van der Waals surface area (Å²) in [5.74, 6) is 0.807. The van der Waals surface area contributed by atoms with E-state index in [1.807, 2.05) is 43.5 Å². The normalized spacial score (nSPS) is 11.8. The van der Waals surface area contributed by atoms with Crippen LogP contribution in [0.1, 0.15) is 18.9 Å². The molecule has 1 aromatic heterocycles. The molecule has 0 bridgehead atoms. The standard InChI is InChI=1S/C14H17NO3S2/c1-10(2)18-12-6-4-11(5-7-12)13-8-19-14(15-13)9-20(3,16)17/h4-8,10H,9H2,1-3H3. The summed E-state index contributed by atoms with van der Waals surface area (Å²) in [6, 6.07) is 7.64. The third-order valence-electron chi connectivity index (χ3n) is 2.46. The Kier molecular flexibility index (Phi) is 4.45. The van der Waals surface area contributed by atoms with Crippen LogP contribution in [-0.2, 0) is 15.6 Å². The molecule has 0 aliphatic carbocycles. The highest BCUT2D eigenvalue weighted by molar-refractivity contribution is 7.90. The van der Waals surface area contributed by atoms with E-state index >= 15 is 0 Å².